The molecule has 0 atom stereocenters. The lowest BCUT2D eigenvalue weighted by molar-refractivity contribution is -0.135. The summed E-state index contributed by atoms with van der Waals surface area (Å²) in [6, 6.07) is 0. The second kappa shape index (κ2) is 18.8. The topological polar surface area (TPSA) is 91.8 Å². The molecule has 0 radical (unpaired) electrons. The Morgan fingerprint density at radius 1 is 0.700 bits per heavy atom. The van der Waals surface area contributed by atoms with Crippen LogP contribution in [0.15, 0.2) is 0 Å². The van der Waals surface area contributed by atoms with Gasteiger partial charge < -0.3 is 4.90 Å². The first-order valence-electron chi connectivity index (χ1n) is 12.0. The summed E-state index contributed by atoms with van der Waals surface area (Å²) in [4.78, 5) is 26.1. The van der Waals surface area contributed by atoms with Gasteiger partial charge in [-0.15, -0.1) is 0 Å². The van der Waals surface area contributed by atoms with Crippen molar-refractivity contribution in [3.8, 4) is 0 Å². The number of ketones is 1. The van der Waals surface area contributed by atoms with Gasteiger partial charge in [0.2, 0.25) is 5.91 Å². The van der Waals surface area contributed by atoms with Crippen LogP contribution >= 0.6 is 0 Å². The number of Topliss-reactive ketones (excluding diaryl/α,β-unsaturated/α-hetero) is 1. The van der Waals surface area contributed by atoms with E-state index in [0.717, 1.165) is 38.5 Å². The predicted octanol–water partition coefficient (Wildman–Crippen LogP) is 5.55. The molecule has 0 unspecified atom stereocenters. The van der Waals surface area contributed by atoms with Crippen molar-refractivity contribution < 1.29 is 22.6 Å². The lowest BCUT2D eigenvalue weighted by atomic mass is 10.1. The van der Waals surface area contributed by atoms with E-state index in [9.17, 15) is 18.0 Å². The minimum Gasteiger partial charge on any atom is -0.334 e. The number of unbranched alkanes of at least 4 members (excludes halogenated alkanes) is 12. The van der Waals surface area contributed by atoms with Gasteiger partial charge in [0.15, 0.2) is 5.78 Å². The third-order valence-corrected chi connectivity index (χ3v) is 6.09. The number of hydrogen-bond donors (Lipinski definition) is 1. The third-order valence-electron chi connectivity index (χ3n) is 5.39. The van der Waals surface area contributed by atoms with E-state index in [1.807, 2.05) is 0 Å². The number of nitrogens with zero attached hydrogens (tertiary/aromatic N) is 1. The van der Waals surface area contributed by atoms with Gasteiger partial charge in [0.25, 0.3) is 10.1 Å². The predicted molar refractivity (Wildman–Crippen MR) is 123 cm³/mol. The molecule has 0 aromatic rings. The van der Waals surface area contributed by atoms with Crippen LogP contribution in [-0.2, 0) is 19.7 Å². The molecule has 0 saturated heterocycles. The summed E-state index contributed by atoms with van der Waals surface area (Å²) in [6.07, 6.45) is 16.2. The summed E-state index contributed by atoms with van der Waals surface area (Å²) >= 11 is 0. The van der Waals surface area contributed by atoms with Crippen LogP contribution in [0.5, 0.6) is 0 Å². The summed E-state index contributed by atoms with van der Waals surface area (Å²) in [6.45, 7) is 4.17. The maximum absolute atomic E-state index is 12.5. The van der Waals surface area contributed by atoms with E-state index in [1.54, 1.807) is 0 Å². The molecule has 0 bridgehead atoms. The van der Waals surface area contributed by atoms with Crippen molar-refractivity contribution in [2.45, 2.75) is 117 Å². The second-order valence-corrected chi connectivity index (χ2v) is 9.95. The van der Waals surface area contributed by atoms with Crippen LogP contribution < -0.4 is 0 Å². The highest BCUT2D eigenvalue weighted by molar-refractivity contribution is 7.85. The smallest absolute Gasteiger partial charge is 0.266 e. The molecule has 0 aromatic carbocycles. The van der Waals surface area contributed by atoms with Gasteiger partial charge in [-0.25, -0.2) is 0 Å². The van der Waals surface area contributed by atoms with Crippen LogP contribution in [0.4, 0.5) is 0 Å². The molecule has 0 aliphatic carbocycles. The van der Waals surface area contributed by atoms with Crippen LogP contribution in [0.25, 0.3) is 0 Å². The SMILES string of the molecule is CCCCCCCCCC(=O)CN(CCS(=O)(=O)O)C(=O)CCCCCCCCC. The number of hydrogen-bond acceptors (Lipinski definition) is 4. The quantitative estimate of drug-likeness (QED) is 0.184. The van der Waals surface area contributed by atoms with E-state index in [0.29, 0.717) is 12.8 Å². The summed E-state index contributed by atoms with van der Waals surface area (Å²) < 4.78 is 31.2. The Morgan fingerprint density at radius 2 is 1.13 bits per heavy atom. The molecule has 7 heteroatoms. The molecule has 0 aliphatic heterocycles. The Hall–Kier alpha value is -0.950. The lowest BCUT2D eigenvalue weighted by Gasteiger charge is -2.21. The zero-order valence-electron chi connectivity index (χ0n) is 19.4. The average molecular weight is 448 g/mol. The maximum Gasteiger partial charge on any atom is 0.266 e. The average Bonchev–Trinajstić information content (AvgIpc) is 2.68. The maximum atomic E-state index is 12.5. The lowest BCUT2D eigenvalue weighted by Crippen LogP contribution is -2.38. The minimum absolute atomic E-state index is 0.0354. The highest BCUT2D eigenvalue weighted by Gasteiger charge is 2.19. The van der Waals surface area contributed by atoms with Crippen molar-refractivity contribution in [1.82, 2.24) is 4.90 Å². The Kier molecular flexibility index (Phi) is 18.2. The first-order chi connectivity index (χ1) is 14.3. The highest BCUT2D eigenvalue weighted by Crippen LogP contribution is 2.11. The van der Waals surface area contributed by atoms with Crippen molar-refractivity contribution in [3.63, 3.8) is 0 Å². The second-order valence-electron chi connectivity index (χ2n) is 8.38. The highest BCUT2D eigenvalue weighted by atomic mass is 32.2. The van der Waals surface area contributed by atoms with Crippen LogP contribution in [0, 0.1) is 0 Å². The van der Waals surface area contributed by atoms with Gasteiger partial charge in [-0.1, -0.05) is 90.9 Å². The van der Waals surface area contributed by atoms with Gasteiger partial charge in [0, 0.05) is 19.4 Å². The standard InChI is InChI=1S/C23H45NO5S/c1-3-5-7-9-11-13-15-17-22(25)21-24(19-20-30(27,28)29)23(26)18-16-14-12-10-8-6-4-2/h3-21H2,1-2H3,(H,27,28,29). The van der Waals surface area contributed by atoms with Crippen LogP contribution in [0.3, 0.4) is 0 Å². The van der Waals surface area contributed by atoms with Crippen LogP contribution in [-0.4, -0.2) is 48.4 Å². The van der Waals surface area contributed by atoms with Crippen molar-refractivity contribution in [2.24, 2.45) is 0 Å². The minimum atomic E-state index is -4.16. The van der Waals surface area contributed by atoms with E-state index in [1.165, 1.54) is 56.3 Å². The molecule has 30 heavy (non-hydrogen) atoms. The molecule has 0 rings (SSSR count). The monoisotopic (exact) mass is 447 g/mol. The fourth-order valence-corrected chi connectivity index (χ4v) is 3.93. The Bertz CT molecular complexity index is 548. The van der Waals surface area contributed by atoms with E-state index >= 15 is 0 Å². The largest absolute Gasteiger partial charge is 0.334 e. The van der Waals surface area contributed by atoms with Gasteiger partial charge >= 0.3 is 0 Å². The molecule has 0 saturated carbocycles. The number of carbonyl (C=O) groups is 2. The zero-order chi connectivity index (χ0) is 22.7. The van der Waals surface area contributed by atoms with E-state index in [4.69, 9.17) is 4.55 Å². The molecule has 0 aliphatic rings. The van der Waals surface area contributed by atoms with Gasteiger partial charge in [-0.2, -0.15) is 8.42 Å². The van der Waals surface area contributed by atoms with Crippen LogP contribution in [0.1, 0.15) is 117 Å². The van der Waals surface area contributed by atoms with Gasteiger partial charge in [-0.05, 0) is 12.8 Å². The molecule has 178 valence electrons. The number of carbonyl (C=O) groups excluding carboxylic acids is 2. The van der Waals surface area contributed by atoms with Crippen molar-refractivity contribution in [1.29, 1.82) is 0 Å². The Morgan fingerprint density at radius 3 is 1.60 bits per heavy atom. The molecular formula is C23H45NO5S. The van der Waals surface area contributed by atoms with Crippen molar-refractivity contribution in [2.75, 3.05) is 18.8 Å². The summed E-state index contributed by atoms with van der Waals surface area (Å²) in [5, 5.41) is 0. The summed E-state index contributed by atoms with van der Waals surface area (Å²) in [5.74, 6) is -0.757. The fourth-order valence-electron chi connectivity index (χ4n) is 3.48. The molecule has 0 heterocycles. The molecular weight excluding hydrogens is 402 g/mol. The van der Waals surface area contributed by atoms with Crippen molar-refractivity contribution >= 4 is 21.8 Å². The number of rotatable bonds is 21. The molecule has 0 spiro atoms. The summed E-state index contributed by atoms with van der Waals surface area (Å²) in [7, 11) is -4.16. The molecule has 1 N–H and O–H groups in total. The molecule has 1 amide bonds. The molecule has 0 fully saturated rings. The summed E-state index contributed by atoms with van der Waals surface area (Å²) in [5.41, 5.74) is 0. The van der Waals surface area contributed by atoms with E-state index in [2.05, 4.69) is 13.8 Å². The van der Waals surface area contributed by atoms with Crippen LogP contribution in [0.2, 0.25) is 0 Å². The van der Waals surface area contributed by atoms with Gasteiger partial charge in [0.1, 0.15) is 0 Å². The van der Waals surface area contributed by atoms with E-state index in [-0.39, 0.29) is 24.8 Å². The van der Waals surface area contributed by atoms with Crippen molar-refractivity contribution in [3.05, 3.63) is 0 Å². The normalized spacial score (nSPS) is 11.6. The number of amides is 1. The first kappa shape index (κ1) is 29.1. The first-order valence-corrected chi connectivity index (χ1v) is 13.7. The third kappa shape index (κ3) is 19.0. The van der Waals surface area contributed by atoms with Gasteiger partial charge in [0.05, 0.1) is 12.3 Å². The van der Waals surface area contributed by atoms with Gasteiger partial charge in [-0.3, -0.25) is 14.1 Å². The van der Waals surface area contributed by atoms with E-state index < -0.39 is 15.9 Å². The Labute approximate surface area is 184 Å². The molecule has 0 aromatic heterocycles. The zero-order valence-corrected chi connectivity index (χ0v) is 20.2. The fraction of sp³-hybridized carbons (Fsp3) is 0.913. The molecule has 6 nitrogen and oxygen atoms in total. The Balaban J connectivity index is 4.27.